The summed E-state index contributed by atoms with van der Waals surface area (Å²) in [4.78, 5) is 11.1. The standard InChI is InChI=1S/C18H30N4O/c1-15-7-6-10-22(12-15)17-11-16(20-14-21-17)19-13-18(23)8-4-2-3-5-9-18/h11,14-15,23H,2-10,12-13H2,1H3,(H,19,20,21). The second kappa shape index (κ2) is 7.47. The Hall–Kier alpha value is -1.36. The van der Waals surface area contributed by atoms with E-state index in [-0.39, 0.29) is 0 Å². The SMILES string of the molecule is CC1CCCN(c2cc(NCC3(O)CCCCCC3)ncn2)C1. The number of piperidine rings is 1. The zero-order chi connectivity index (χ0) is 16.1. The lowest BCUT2D eigenvalue weighted by molar-refractivity contribution is 0.0380. The molecule has 2 heterocycles. The van der Waals surface area contributed by atoms with E-state index in [9.17, 15) is 5.11 Å². The van der Waals surface area contributed by atoms with Crippen LogP contribution in [0.5, 0.6) is 0 Å². The van der Waals surface area contributed by atoms with E-state index in [4.69, 9.17) is 0 Å². The number of nitrogens with one attached hydrogen (secondary N) is 1. The van der Waals surface area contributed by atoms with Gasteiger partial charge in [0.25, 0.3) is 0 Å². The summed E-state index contributed by atoms with van der Waals surface area (Å²) in [5.74, 6) is 2.55. The molecule has 0 amide bonds. The molecule has 23 heavy (non-hydrogen) atoms. The molecule has 1 aliphatic carbocycles. The highest BCUT2D eigenvalue weighted by molar-refractivity contribution is 5.48. The van der Waals surface area contributed by atoms with Crippen LogP contribution in [-0.2, 0) is 0 Å². The summed E-state index contributed by atoms with van der Waals surface area (Å²) >= 11 is 0. The molecule has 5 heteroatoms. The van der Waals surface area contributed by atoms with Crippen molar-refractivity contribution in [2.45, 2.75) is 63.9 Å². The smallest absolute Gasteiger partial charge is 0.134 e. The minimum absolute atomic E-state index is 0.582. The van der Waals surface area contributed by atoms with E-state index in [2.05, 4.69) is 27.1 Å². The summed E-state index contributed by atoms with van der Waals surface area (Å²) in [7, 11) is 0. The maximum Gasteiger partial charge on any atom is 0.134 e. The first-order valence-corrected chi connectivity index (χ1v) is 9.18. The Morgan fingerprint density at radius 3 is 2.74 bits per heavy atom. The highest BCUT2D eigenvalue weighted by Gasteiger charge is 2.28. The second-order valence-corrected chi connectivity index (χ2v) is 7.45. The lowest BCUT2D eigenvalue weighted by Crippen LogP contribution is -2.37. The lowest BCUT2D eigenvalue weighted by Gasteiger charge is -2.32. The highest BCUT2D eigenvalue weighted by atomic mass is 16.3. The van der Waals surface area contributed by atoms with Crippen molar-refractivity contribution in [2.75, 3.05) is 29.9 Å². The van der Waals surface area contributed by atoms with E-state index in [1.54, 1.807) is 6.33 Å². The van der Waals surface area contributed by atoms with Crippen LogP contribution in [0.4, 0.5) is 11.6 Å². The van der Waals surface area contributed by atoms with Crippen LogP contribution < -0.4 is 10.2 Å². The van der Waals surface area contributed by atoms with E-state index >= 15 is 0 Å². The fourth-order valence-corrected chi connectivity index (χ4v) is 3.83. The molecule has 1 aromatic rings. The average Bonchev–Trinajstić information content (AvgIpc) is 2.79. The molecule has 0 bridgehead atoms. The number of anilines is 2. The van der Waals surface area contributed by atoms with Crippen molar-refractivity contribution in [3.05, 3.63) is 12.4 Å². The van der Waals surface area contributed by atoms with Gasteiger partial charge >= 0.3 is 0 Å². The molecule has 5 nitrogen and oxygen atoms in total. The predicted molar refractivity (Wildman–Crippen MR) is 93.8 cm³/mol. The molecule has 0 spiro atoms. The molecule has 0 radical (unpaired) electrons. The van der Waals surface area contributed by atoms with Gasteiger partial charge in [-0.05, 0) is 31.6 Å². The van der Waals surface area contributed by atoms with E-state index < -0.39 is 5.60 Å². The van der Waals surface area contributed by atoms with Gasteiger partial charge in [-0.25, -0.2) is 9.97 Å². The number of aliphatic hydroxyl groups is 1. The molecule has 2 aliphatic rings. The van der Waals surface area contributed by atoms with E-state index in [1.807, 2.05) is 6.07 Å². The van der Waals surface area contributed by atoms with Gasteiger partial charge < -0.3 is 15.3 Å². The Bertz CT molecular complexity index is 500. The minimum Gasteiger partial charge on any atom is -0.388 e. The Balaban J connectivity index is 1.61. The molecule has 3 rings (SSSR count). The number of nitrogens with zero attached hydrogens (tertiary/aromatic N) is 3. The van der Waals surface area contributed by atoms with E-state index in [0.717, 1.165) is 56.3 Å². The van der Waals surface area contributed by atoms with Gasteiger partial charge in [-0.2, -0.15) is 0 Å². The molecule has 2 fully saturated rings. The number of aromatic nitrogens is 2. The van der Waals surface area contributed by atoms with Gasteiger partial charge in [0.05, 0.1) is 5.60 Å². The fourth-order valence-electron chi connectivity index (χ4n) is 3.83. The molecule has 1 aromatic heterocycles. The van der Waals surface area contributed by atoms with Crippen molar-refractivity contribution in [1.82, 2.24) is 9.97 Å². The molecular weight excluding hydrogens is 288 g/mol. The third-order valence-electron chi connectivity index (χ3n) is 5.27. The van der Waals surface area contributed by atoms with Crippen LogP contribution in [0.2, 0.25) is 0 Å². The molecule has 1 saturated heterocycles. The van der Waals surface area contributed by atoms with Crippen LogP contribution >= 0.6 is 0 Å². The van der Waals surface area contributed by atoms with Crippen LogP contribution in [0.3, 0.4) is 0 Å². The summed E-state index contributed by atoms with van der Waals surface area (Å²) in [6, 6.07) is 2.03. The first-order valence-electron chi connectivity index (χ1n) is 9.18. The lowest BCUT2D eigenvalue weighted by atomic mass is 9.94. The van der Waals surface area contributed by atoms with Crippen LogP contribution in [-0.4, -0.2) is 40.3 Å². The largest absolute Gasteiger partial charge is 0.388 e. The van der Waals surface area contributed by atoms with E-state index in [0.29, 0.717) is 6.54 Å². The third kappa shape index (κ3) is 4.56. The third-order valence-corrected chi connectivity index (χ3v) is 5.27. The zero-order valence-corrected chi connectivity index (χ0v) is 14.3. The molecular formula is C18H30N4O. The summed E-state index contributed by atoms with van der Waals surface area (Å²) in [6.07, 6.45) is 10.7. The molecule has 1 unspecified atom stereocenters. The Morgan fingerprint density at radius 1 is 1.22 bits per heavy atom. The summed E-state index contributed by atoms with van der Waals surface area (Å²) in [5, 5.41) is 14.1. The summed E-state index contributed by atoms with van der Waals surface area (Å²) in [6.45, 7) is 5.03. The van der Waals surface area contributed by atoms with Crippen molar-refractivity contribution in [3.8, 4) is 0 Å². The first-order chi connectivity index (χ1) is 11.1. The molecule has 1 aliphatic heterocycles. The fraction of sp³-hybridized carbons (Fsp3) is 0.778. The van der Waals surface area contributed by atoms with Gasteiger partial charge in [-0.3, -0.25) is 0 Å². The molecule has 2 N–H and O–H groups in total. The first kappa shape index (κ1) is 16.5. The van der Waals surface area contributed by atoms with Gasteiger partial charge in [0.2, 0.25) is 0 Å². The zero-order valence-electron chi connectivity index (χ0n) is 14.3. The number of hydrogen-bond acceptors (Lipinski definition) is 5. The predicted octanol–water partition coefficient (Wildman–Crippen LogP) is 3.21. The summed E-state index contributed by atoms with van der Waals surface area (Å²) in [5.41, 5.74) is -0.582. The molecule has 0 aromatic carbocycles. The normalized spacial score (nSPS) is 25.0. The van der Waals surface area contributed by atoms with Crippen LogP contribution in [0, 0.1) is 5.92 Å². The van der Waals surface area contributed by atoms with Crippen molar-refractivity contribution >= 4 is 11.6 Å². The molecule has 1 atom stereocenters. The Morgan fingerprint density at radius 2 is 2.00 bits per heavy atom. The van der Waals surface area contributed by atoms with Crippen LogP contribution in [0.1, 0.15) is 58.3 Å². The minimum atomic E-state index is -0.582. The maximum absolute atomic E-state index is 10.7. The number of rotatable bonds is 4. The monoisotopic (exact) mass is 318 g/mol. The number of hydrogen-bond donors (Lipinski definition) is 2. The highest BCUT2D eigenvalue weighted by Crippen LogP contribution is 2.28. The van der Waals surface area contributed by atoms with E-state index in [1.165, 1.54) is 25.7 Å². The second-order valence-electron chi connectivity index (χ2n) is 7.45. The maximum atomic E-state index is 10.7. The quantitative estimate of drug-likeness (QED) is 0.835. The van der Waals surface area contributed by atoms with Crippen LogP contribution in [0.15, 0.2) is 12.4 Å². The van der Waals surface area contributed by atoms with Gasteiger partial charge in [0.15, 0.2) is 0 Å². The van der Waals surface area contributed by atoms with Gasteiger partial charge in [0, 0.05) is 25.7 Å². The van der Waals surface area contributed by atoms with Crippen molar-refractivity contribution < 1.29 is 5.11 Å². The topological polar surface area (TPSA) is 61.3 Å². The van der Waals surface area contributed by atoms with Gasteiger partial charge in [-0.15, -0.1) is 0 Å². The van der Waals surface area contributed by atoms with Gasteiger partial charge in [0.1, 0.15) is 18.0 Å². The Labute approximate surface area is 139 Å². The summed E-state index contributed by atoms with van der Waals surface area (Å²) < 4.78 is 0. The van der Waals surface area contributed by atoms with Crippen molar-refractivity contribution in [3.63, 3.8) is 0 Å². The van der Waals surface area contributed by atoms with Crippen LogP contribution in [0.25, 0.3) is 0 Å². The van der Waals surface area contributed by atoms with Gasteiger partial charge in [-0.1, -0.05) is 32.6 Å². The Kier molecular flexibility index (Phi) is 5.36. The van der Waals surface area contributed by atoms with Crippen molar-refractivity contribution in [1.29, 1.82) is 0 Å². The molecule has 1 saturated carbocycles. The van der Waals surface area contributed by atoms with Crippen molar-refractivity contribution in [2.24, 2.45) is 5.92 Å². The molecule has 128 valence electrons. The average molecular weight is 318 g/mol.